The molecule has 3 nitrogen and oxygen atoms in total. The molecule has 2 N–H and O–H groups in total. The predicted octanol–water partition coefficient (Wildman–Crippen LogP) is 4.08. The minimum absolute atomic E-state index is 0.300. The molecule has 0 saturated heterocycles. The Kier molecular flexibility index (Phi) is 5.11. The van der Waals surface area contributed by atoms with Gasteiger partial charge in [0.15, 0.2) is 0 Å². The lowest BCUT2D eigenvalue weighted by atomic mass is 9.93. The van der Waals surface area contributed by atoms with Gasteiger partial charge in [0.25, 0.3) is 0 Å². The van der Waals surface area contributed by atoms with E-state index in [0.29, 0.717) is 5.92 Å². The van der Waals surface area contributed by atoms with Crippen LogP contribution in [0.3, 0.4) is 0 Å². The summed E-state index contributed by atoms with van der Waals surface area (Å²) in [5.41, 5.74) is 3.36. The second-order valence-corrected chi connectivity index (χ2v) is 6.08. The first kappa shape index (κ1) is 15.8. The van der Waals surface area contributed by atoms with Crippen molar-refractivity contribution in [1.29, 1.82) is 0 Å². The van der Waals surface area contributed by atoms with Crippen LogP contribution in [0.2, 0.25) is 0 Å². The van der Waals surface area contributed by atoms with Gasteiger partial charge in [-0.05, 0) is 30.9 Å². The minimum atomic E-state index is -0.309. The van der Waals surface area contributed by atoms with E-state index in [1.807, 2.05) is 49.6 Å². The van der Waals surface area contributed by atoms with E-state index >= 15 is 0 Å². The van der Waals surface area contributed by atoms with Gasteiger partial charge in [-0.25, -0.2) is 0 Å². The number of hydrogen-bond donors (Lipinski definition) is 2. The summed E-state index contributed by atoms with van der Waals surface area (Å²) in [6.07, 6.45) is 2.27. The highest BCUT2D eigenvalue weighted by molar-refractivity contribution is 5.80. The Morgan fingerprint density at radius 3 is 2.57 bits per heavy atom. The molecular formula is C20H23NO2. The Hall–Kier alpha value is -2.10. The molecule has 0 fully saturated rings. The van der Waals surface area contributed by atoms with Crippen molar-refractivity contribution in [2.24, 2.45) is 0 Å². The zero-order chi connectivity index (χ0) is 16.1. The number of hydrogen-bond acceptors (Lipinski definition) is 3. The minimum Gasteiger partial charge on any atom is -0.464 e. The Bertz CT molecular complexity index is 733. The van der Waals surface area contributed by atoms with E-state index in [1.54, 1.807) is 0 Å². The second kappa shape index (κ2) is 7.44. The summed E-state index contributed by atoms with van der Waals surface area (Å²) in [6, 6.07) is 18.5. The molecule has 0 saturated carbocycles. The molecule has 0 bridgehead atoms. The van der Waals surface area contributed by atoms with E-state index in [0.717, 1.165) is 30.5 Å². The molecule has 0 aliphatic carbocycles. The lowest BCUT2D eigenvalue weighted by Crippen LogP contribution is -2.23. The summed E-state index contributed by atoms with van der Waals surface area (Å²) in [5, 5.41) is 14.4. The van der Waals surface area contributed by atoms with E-state index in [4.69, 9.17) is 4.42 Å². The maximum atomic E-state index is 9.77. The molecule has 2 aromatic carbocycles. The molecule has 0 aliphatic heterocycles. The van der Waals surface area contributed by atoms with Gasteiger partial charge in [0.05, 0.1) is 12.4 Å². The van der Waals surface area contributed by atoms with Crippen LogP contribution in [0, 0.1) is 0 Å². The van der Waals surface area contributed by atoms with Crippen molar-refractivity contribution in [2.45, 2.75) is 31.9 Å². The van der Waals surface area contributed by atoms with Crippen LogP contribution in [0.15, 0.2) is 65.3 Å². The van der Waals surface area contributed by atoms with Crippen LogP contribution >= 0.6 is 0 Å². The molecule has 0 radical (unpaired) electrons. The quantitative estimate of drug-likeness (QED) is 0.691. The van der Waals surface area contributed by atoms with Gasteiger partial charge >= 0.3 is 0 Å². The molecule has 3 aromatic rings. The molecule has 0 spiro atoms. The third-order valence-electron chi connectivity index (χ3n) is 4.16. The highest BCUT2D eigenvalue weighted by Crippen LogP contribution is 2.22. The van der Waals surface area contributed by atoms with Crippen LogP contribution in [0.1, 0.15) is 30.4 Å². The number of aliphatic hydroxyl groups is 1. The van der Waals surface area contributed by atoms with E-state index in [9.17, 15) is 5.11 Å². The number of furan rings is 1. The van der Waals surface area contributed by atoms with Crippen LogP contribution in [-0.4, -0.2) is 17.8 Å². The number of rotatable bonds is 7. The first-order valence-electron chi connectivity index (χ1n) is 8.13. The molecule has 120 valence electrons. The van der Waals surface area contributed by atoms with Crippen molar-refractivity contribution in [3.05, 3.63) is 72.0 Å². The fraction of sp³-hybridized carbons (Fsp3) is 0.300. The highest BCUT2D eigenvalue weighted by atomic mass is 16.3. The van der Waals surface area contributed by atoms with E-state index in [-0.39, 0.29) is 6.10 Å². The lowest BCUT2D eigenvalue weighted by Gasteiger charge is -2.19. The summed E-state index contributed by atoms with van der Waals surface area (Å²) < 4.78 is 5.58. The molecule has 3 rings (SSSR count). The van der Waals surface area contributed by atoms with Crippen molar-refractivity contribution in [2.75, 3.05) is 6.54 Å². The molecule has 23 heavy (non-hydrogen) atoms. The number of nitrogens with one attached hydrogen (secondary N) is 1. The smallest absolute Gasteiger partial charge is 0.134 e. The van der Waals surface area contributed by atoms with Crippen LogP contribution in [0.4, 0.5) is 0 Å². The molecule has 1 heterocycles. The maximum Gasteiger partial charge on any atom is 0.134 e. The number of fused-ring (bicyclic) bond motifs is 1. The third-order valence-corrected chi connectivity index (χ3v) is 4.16. The van der Waals surface area contributed by atoms with Gasteiger partial charge in [0.1, 0.15) is 5.58 Å². The summed E-state index contributed by atoms with van der Waals surface area (Å²) in [7, 11) is 0. The van der Waals surface area contributed by atoms with Crippen LogP contribution < -0.4 is 5.32 Å². The number of benzene rings is 2. The SMILES string of the molecule is CC(O)CC(CNCc1coc2ccccc12)c1ccccc1. The zero-order valence-electron chi connectivity index (χ0n) is 13.4. The molecule has 2 atom stereocenters. The van der Waals surface area contributed by atoms with Gasteiger partial charge < -0.3 is 14.8 Å². The maximum absolute atomic E-state index is 9.77. The van der Waals surface area contributed by atoms with Crippen molar-refractivity contribution in [3.8, 4) is 0 Å². The Morgan fingerprint density at radius 2 is 1.78 bits per heavy atom. The fourth-order valence-corrected chi connectivity index (χ4v) is 3.02. The van der Waals surface area contributed by atoms with E-state index in [2.05, 4.69) is 23.5 Å². The standard InChI is InChI=1S/C20H23NO2/c1-15(22)11-17(16-7-3-2-4-8-16)12-21-13-18-14-23-20-10-6-5-9-19(18)20/h2-10,14-15,17,21-22H,11-13H2,1H3. The summed E-state index contributed by atoms with van der Waals surface area (Å²) in [6.45, 7) is 3.44. The summed E-state index contributed by atoms with van der Waals surface area (Å²) in [4.78, 5) is 0. The molecule has 0 amide bonds. The fourth-order valence-electron chi connectivity index (χ4n) is 3.02. The van der Waals surface area contributed by atoms with Gasteiger partial charge in [-0.15, -0.1) is 0 Å². The van der Waals surface area contributed by atoms with E-state index in [1.165, 1.54) is 11.1 Å². The van der Waals surface area contributed by atoms with E-state index < -0.39 is 0 Å². The first-order chi connectivity index (χ1) is 11.2. The molecular weight excluding hydrogens is 286 g/mol. The average Bonchev–Trinajstić information content (AvgIpc) is 2.98. The molecule has 2 unspecified atom stereocenters. The van der Waals surface area contributed by atoms with Crippen LogP contribution in [0.5, 0.6) is 0 Å². The highest BCUT2D eigenvalue weighted by Gasteiger charge is 2.14. The zero-order valence-corrected chi connectivity index (χ0v) is 13.4. The monoisotopic (exact) mass is 309 g/mol. The van der Waals surface area contributed by atoms with Crippen LogP contribution in [-0.2, 0) is 6.54 Å². The number of aliphatic hydroxyl groups excluding tert-OH is 1. The van der Waals surface area contributed by atoms with Gasteiger partial charge in [-0.1, -0.05) is 48.5 Å². The molecule has 1 aromatic heterocycles. The molecule has 0 aliphatic rings. The summed E-state index contributed by atoms with van der Waals surface area (Å²) >= 11 is 0. The first-order valence-corrected chi connectivity index (χ1v) is 8.13. The lowest BCUT2D eigenvalue weighted by molar-refractivity contribution is 0.173. The van der Waals surface area contributed by atoms with Gasteiger partial charge in [-0.2, -0.15) is 0 Å². The Morgan fingerprint density at radius 1 is 1.04 bits per heavy atom. The summed E-state index contributed by atoms with van der Waals surface area (Å²) in [5.74, 6) is 0.300. The normalized spacial score (nSPS) is 14.0. The van der Waals surface area contributed by atoms with Gasteiger partial charge in [0, 0.05) is 24.0 Å². The molecule has 3 heteroatoms. The second-order valence-electron chi connectivity index (χ2n) is 6.08. The van der Waals surface area contributed by atoms with Crippen molar-refractivity contribution >= 4 is 11.0 Å². The Balaban J connectivity index is 1.65. The number of para-hydroxylation sites is 1. The van der Waals surface area contributed by atoms with Crippen LogP contribution in [0.25, 0.3) is 11.0 Å². The van der Waals surface area contributed by atoms with Crippen molar-refractivity contribution in [1.82, 2.24) is 5.32 Å². The van der Waals surface area contributed by atoms with Crippen molar-refractivity contribution < 1.29 is 9.52 Å². The third kappa shape index (κ3) is 4.01. The predicted molar refractivity (Wildman–Crippen MR) is 93.4 cm³/mol. The van der Waals surface area contributed by atoms with Gasteiger partial charge in [0.2, 0.25) is 0 Å². The van der Waals surface area contributed by atoms with Gasteiger partial charge in [-0.3, -0.25) is 0 Å². The van der Waals surface area contributed by atoms with Crippen molar-refractivity contribution in [3.63, 3.8) is 0 Å². The Labute approximate surface area is 136 Å². The largest absolute Gasteiger partial charge is 0.464 e. The topological polar surface area (TPSA) is 45.4 Å². The average molecular weight is 309 g/mol.